The Morgan fingerprint density at radius 1 is 1.33 bits per heavy atom. The maximum atomic E-state index is 4.83. The zero-order valence-corrected chi connectivity index (χ0v) is 5.55. The first-order chi connectivity index (χ1) is 2.41. The van der Waals surface area contributed by atoms with Crippen LogP contribution in [0.3, 0.4) is 0 Å². The van der Waals surface area contributed by atoms with Crippen molar-refractivity contribution in [2.45, 2.75) is 13.8 Å². The Morgan fingerprint density at radius 3 is 1.67 bits per heavy atom. The van der Waals surface area contributed by atoms with E-state index in [9.17, 15) is 0 Å². The minimum absolute atomic E-state index is 0. The summed E-state index contributed by atoms with van der Waals surface area (Å²) in [5.74, 6) is 0. The normalized spacial score (nSPS) is 7.00. The number of hydrogen-bond acceptors (Lipinski definition) is 1. The van der Waals surface area contributed by atoms with Crippen molar-refractivity contribution in [3.63, 3.8) is 0 Å². The van der Waals surface area contributed by atoms with Gasteiger partial charge in [-0.15, -0.1) is 0 Å². The molecule has 38 valence electrons. The molecule has 0 aliphatic rings. The SMILES string of the molecule is CCOCC.[Al+3].[H-].[H-].[H-]. The van der Waals surface area contributed by atoms with Crippen molar-refractivity contribution in [3.05, 3.63) is 0 Å². The first-order valence-electron chi connectivity index (χ1n) is 1.99. The van der Waals surface area contributed by atoms with Gasteiger partial charge in [0.05, 0.1) is 0 Å². The third kappa shape index (κ3) is 8.82. The molecule has 0 saturated heterocycles. The van der Waals surface area contributed by atoms with Crippen LogP contribution < -0.4 is 0 Å². The Balaban J connectivity index is -0.0000000133. The van der Waals surface area contributed by atoms with Crippen LogP contribution in [-0.4, -0.2) is 30.6 Å². The maximum Gasteiger partial charge on any atom is 3.00 e. The van der Waals surface area contributed by atoms with E-state index in [2.05, 4.69) is 0 Å². The Labute approximate surface area is 54.3 Å². The summed E-state index contributed by atoms with van der Waals surface area (Å²) in [4.78, 5) is 0. The molecule has 0 heterocycles. The smallest absolute Gasteiger partial charge is 1.00 e. The molecule has 0 bridgehead atoms. The second-order valence-electron chi connectivity index (χ2n) is 0.781. The quantitative estimate of drug-likeness (QED) is 0.475. The Hall–Kier alpha value is 0.492. The van der Waals surface area contributed by atoms with Crippen LogP contribution in [0.25, 0.3) is 0 Å². The summed E-state index contributed by atoms with van der Waals surface area (Å²) < 4.78 is 4.83. The summed E-state index contributed by atoms with van der Waals surface area (Å²) in [5, 5.41) is 0. The number of ether oxygens (including phenoxy) is 1. The van der Waals surface area contributed by atoms with Gasteiger partial charge >= 0.3 is 17.4 Å². The van der Waals surface area contributed by atoms with Gasteiger partial charge < -0.3 is 9.02 Å². The summed E-state index contributed by atoms with van der Waals surface area (Å²) in [6, 6.07) is 0. The van der Waals surface area contributed by atoms with Gasteiger partial charge in [0, 0.05) is 13.2 Å². The zero-order valence-electron chi connectivity index (χ0n) is 7.40. The first-order valence-corrected chi connectivity index (χ1v) is 1.99. The van der Waals surface area contributed by atoms with E-state index in [1.807, 2.05) is 13.8 Å². The molecule has 0 radical (unpaired) electrons. The molecular weight excluding hydrogens is 91.0 g/mol. The molecule has 0 amide bonds. The van der Waals surface area contributed by atoms with Gasteiger partial charge in [0.2, 0.25) is 0 Å². The van der Waals surface area contributed by atoms with E-state index in [4.69, 9.17) is 4.74 Å². The van der Waals surface area contributed by atoms with Crippen LogP contribution in [0.15, 0.2) is 0 Å². The van der Waals surface area contributed by atoms with E-state index in [-0.39, 0.29) is 21.6 Å². The molecule has 0 aliphatic carbocycles. The molecule has 0 N–H and O–H groups in total. The van der Waals surface area contributed by atoms with Crippen molar-refractivity contribution < 1.29 is 9.02 Å². The van der Waals surface area contributed by atoms with Crippen molar-refractivity contribution in [3.8, 4) is 0 Å². The van der Waals surface area contributed by atoms with Crippen LogP contribution in [0.2, 0.25) is 0 Å². The van der Waals surface area contributed by atoms with E-state index >= 15 is 0 Å². The van der Waals surface area contributed by atoms with Crippen LogP contribution >= 0.6 is 0 Å². The molecule has 0 saturated carbocycles. The summed E-state index contributed by atoms with van der Waals surface area (Å²) in [5.41, 5.74) is 0. The Kier molecular flexibility index (Phi) is 14.7. The first kappa shape index (κ1) is 9.70. The van der Waals surface area contributed by atoms with E-state index in [1.165, 1.54) is 0 Å². The standard InChI is InChI=1S/C4H10O.Al.3H/c1-3-5-4-2;;;;/h3-4H2,1-2H3;;;;/q;+3;3*-1. The summed E-state index contributed by atoms with van der Waals surface area (Å²) in [6.07, 6.45) is 0. The van der Waals surface area contributed by atoms with Crippen LogP contribution in [0.5, 0.6) is 0 Å². The average Bonchev–Trinajstić information content (AvgIpc) is 1.41. The molecule has 0 fully saturated rings. The fourth-order valence-corrected chi connectivity index (χ4v) is 0.204. The zero-order chi connectivity index (χ0) is 4.12. The van der Waals surface area contributed by atoms with E-state index in [0.29, 0.717) is 0 Å². The molecule has 2 heteroatoms. The molecule has 0 aromatic heterocycles. The van der Waals surface area contributed by atoms with Crippen molar-refractivity contribution in [2.75, 3.05) is 13.2 Å². The van der Waals surface area contributed by atoms with Gasteiger partial charge in [-0.3, -0.25) is 0 Å². The third-order valence-corrected chi connectivity index (χ3v) is 0.408. The molecule has 0 atom stereocenters. The van der Waals surface area contributed by atoms with Crippen molar-refractivity contribution in [1.29, 1.82) is 0 Å². The minimum atomic E-state index is 0. The molecule has 0 aliphatic heterocycles. The van der Waals surface area contributed by atoms with Crippen LogP contribution in [0, 0.1) is 0 Å². The third-order valence-electron chi connectivity index (χ3n) is 0.408. The van der Waals surface area contributed by atoms with Crippen LogP contribution in [0.4, 0.5) is 0 Å². The minimum Gasteiger partial charge on any atom is -1.00 e. The summed E-state index contributed by atoms with van der Waals surface area (Å²) in [7, 11) is 0. The van der Waals surface area contributed by atoms with Crippen molar-refractivity contribution >= 4 is 17.4 Å². The Morgan fingerprint density at radius 2 is 1.67 bits per heavy atom. The molecule has 1 nitrogen and oxygen atoms in total. The monoisotopic (exact) mass is 104 g/mol. The van der Waals surface area contributed by atoms with Crippen molar-refractivity contribution in [2.24, 2.45) is 0 Å². The molecule has 0 aromatic rings. The second kappa shape index (κ2) is 9.09. The van der Waals surface area contributed by atoms with Gasteiger partial charge in [0.1, 0.15) is 0 Å². The topological polar surface area (TPSA) is 9.23 Å². The van der Waals surface area contributed by atoms with Gasteiger partial charge in [-0.25, -0.2) is 0 Å². The average molecular weight is 104 g/mol. The van der Waals surface area contributed by atoms with E-state index in [1.54, 1.807) is 0 Å². The van der Waals surface area contributed by atoms with E-state index in [0.717, 1.165) is 13.2 Å². The van der Waals surface area contributed by atoms with E-state index < -0.39 is 0 Å². The second-order valence-corrected chi connectivity index (χ2v) is 0.781. The Bertz CT molecular complexity index is 23.3. The maximum absolute atomic E-state index is 4.83. The molecule has 6 heavy (non-hydrogen) atoms. The largest absolute Gasteiger partial charge is 3.00 e. The predicted octanol–water partition coefficient (Wildman–Crippen LogP) is 1.000. The fourth-order valence-electron chi connectivity index (χ4n) is 0.204. The number of hydrogen-bond donors (Lipinski definition) is 0. The number of rotatable bonds is 2. The molecule has 0 spiro atoms. The summed E-state index contributed by atoms with van der Waals surface area (Å²) in [6.45, 7) is 5.67. The molecule has 0 rings (SSSR count). The van der Waals surface area contributed by atoms with Gasteiger partial charge in [0.15, 0.2) is 0 Å². The van der Waals surface area contributed by atoms with Gasteiger partial charge in [-0.2, -0.15) is 0 Å². The fraction of sp³-hybridized carbons (Fsp3) is 1.00. The predicted molar refractivity (Wildman–Crippen MR) is 31.3 cm³/mol. The van der Waals surface area contributed by atoms with Gasteiger partial charge in [0.25, 0.3) is 0 Å². The van der Waals surface area contributed by atoms with Crippen molar-refractivity contribution in [1.82, 2.24) is 0 Å². The van der Waals surface area contributed by atoms with Crippen LogP contribution in [-0.2, 0) is 4.74 Å². The molecule has 0 unspecified atom stereocenters. The van der Waals surface area contributed by atoms with Crippen LogP contribution in [0.1, 0.15) is 18.1 Å². The molecule has 0 aromatic carbocycles. The van der Waals surface area contributed by atoms with Gasteiger partial charge in [-0.1, -0.05) is 0 Å². The molecular formula is C4H13AlO. The summed E-state index contributed by atoms with van der Waals surface area (Å²) >= 11 is 0. The van der Waals surface area contributed by atoms with Gasteiger partial charge in [-0.05, 0) is 13.8 Å².